The molecule has 3 N–H and O–H groups in total. The number of rotatable bonds is 8. The number of carbonyl (C=O) groups is 4. The lowest BCUT2D eigenvalue weighted by atomic mass is 9.99. The molecule has 9 heteroatoms. The fraction of sp³-hybridized carbons (Fsp3) is 0.310. The van der Waals surface area contributed by atoms with Gasteiger partial charge in [-0.25, -0.2) is 0 Å². The van der Waals surface area contributed by atoms with Crippen molar-refractivity contribution in [2.75, 3.05) is 23.4 Å². The second kappa shape index (κ2) is 11.4. The molecular formula is C29H32N4O5. The summed E-state index contributed by atoms with van der Waals surface area (Å²) >= 11 is 0. The maximum absolute atomic E-state index is 14.1. The first-order chi connectivity index (χ1) is 18.2. The van der Waals surface area contributed by atoms with Crippen LogP contribution in [0.4, 0.5) is 11.4 Å². The molecule has 38 heavy (non-hydrogen) atoms. The highest BCUT2D eigenvalue weighted by Crippen LogP contribution is 2.36. The van der Waals surface area contributed by atoms with E-state index >= 15 is 0 Å². The first-order valence-electron chi connectivity index (χ1n) is 12.6. The van der Waals surface area contributed by atoms with Crippen LogP contribution < -0.4 is 20.4 Å². The van der Waals surface area contributed by atoms with E-state index in [1.807, 2.05) is 43.3 Å². The van der Waals surface area contributed by atoms with Crippen molar-refractivity contribution in [1.29, 1.82) is 0 Å². The van der Waals surface area contributed by atoms with Gasteiger partial charge in [-0.15, -0.1) is 0 Å². The largest absolute Gasteiger partial charge is 0.481 e. The van der Waals surface area contributed by atoms with Crippen LogP contribution in [0.3, 0.4) is 0 Å². The minimum Gasteiger partial charge on any atom is -0.481 e. The Bertz CT molecular complexity index is 1390. The molecule has 0 aromatic heterocycles. The molecular weight excluding hydrogens is 484 g/mol. The number of likely N-dealkylation sites (N-methyl/N-ethyl adjacent to an activating group) is 1. The van der Waals surface area contributed by atoms with Crippen molar-refractivity contribution in [2.24, 2.45) is 0 Å². The number of aliphatic carboxylic acids is 1. The predicted molar refractivity (Wildman–Crippen MR) is 146 cm³/mol. The molecule has 0 saturated heterocycles. The maximum Gasteiger partial charge on any atom is 0.303 e. The SMILES string of the molecule is CNC(C)C(=O)NC1CN(C(=O)CCC(=O)O)c2ccccc2N(Cc2c(C)ccc3ccccc23)C1=O. The van der Waals surface area contributed by atoms with Crippen molar-refractivity contribution in [3.8, 4) is 0 Å². The Balaban J connectivity index is 1.82. The molecule has 2 atom stereocenters. The van der Waals surface area contributed by atoms with Gasteiger partial charge >= 0.3 is 5.97 Å². The molecule has 198 valence electrons. The summed E-state index contributed by atoms with van der Waals surface area (Å²) < 4.78 is 0. The Morgan fingerprint density at radius 2 is 1.68 bits per heavy atom. The topological polar surface area (TPSA) is 119 Å². The second-order valence-electron chi connectivity index (χ2n) is 9.46. The Labute approximate surface area is 221 Å². The van der Waals surface area contributed by atoms with E-state index in [0.29, 0.717) is 11.4 Å². The third-order valence-electron chi connectivity index (χ3n) is 6.98. The highest BCUT2D eigenvalue weighted by molar-refractivity contribution is 6.08. The van der Waals surface area contributed by atoms with E-state index in [1.165, 1.54) is 4.90 Å². The molecule has 0 saturated carbocycles. The van der Waals surface area contributed by atoms with Crippen molar-refractivity contribution in [3.05, 3.63) is 71.8 Å². The van der Waals surface area contributed by atoms with Gasteiger partial charge < -0.3 is 25.5 Å². The van der Waals surface area contributed by atoms with Gasteiger partial charge in [0.2, 0.25) is 11.8 Å². The van der Waals surface area contributed by atoms with Crippen LogP contribution in [0.2, 0.25) is 0 Å². The minimum atomic E-state index is -1.08. The van der Waals surface area contributed by atoms with E-state index in [-0.39, 0.29) is 37.7 Å². The Kier molecular flexibility index (Phi) is 8.07. The molecule has 0 fully saturated rings. The number of hydrogen-bond donors (Lipinski definition) is 3. The number of benzene rings is 3. The molecule has 1 heterocycles. The molecule has 3 aromatic carbocycles. The molecule has 0 radical (unpaired) electrons. The summed E-state index contributed by atoms with van der Waals surface area (Å²) in [5.41, 5.74) is 2.99. The first-order valence-corrected chi connectivity index (χ1v) is 12.6. The van der Waals surface area contributed by atoms with Crippen molar-refractivity contribution < 1.29 is 24.3 Å². The Morgan fingerprint density at radius 3 is 2.39 bits per heavy atom. The predicted octanol–water partition coefficient (Wildman–Crippen LogP) is 2.99. The van der Waals surface area contributed by atoms with E-state index in [9.17, 15) is 19.2 Å². The number of aryl methyl sites for hydroxylation is 1. The van der Waals surface area contributed by atoms with Gasteiger partial charge in [-0.2, -0.15) is 0 Å². The molecule has 3 aromatic rings. The third-order valence-corrected chi connectivity index (χ3v) is 6.98. The lowest BCUT2D eigenvalue weighted by Crippen LogP contribution is -2.55. The summed E-state index contributed by atoms with van der Waals surface area (Å²) in [6.45, 7) is 3.79. The number of nitrogens with one attached hydrogen (secondary N) is 2. The van der Waals surface area contributed by atoms with Crippen LogP contribution in [0.1, 0.15) is 30.9 Å². The normalized spacial score (nSPS) is 16.1. The van der Waals surface area contributed by atoms with E-state index in [2.05, 4.69) is 10.6 Å². The monoisotopic (exact) mass is 516 g/mol. The van der Waals surface area contributed by atoms with Gasteiger partial charge in [-0.3, -0.25) is 19.2 Å². The lowest BCUT2D eigenvalue weighted by Gasteiger charge is -2.27. The fourth-order valence-electron chi connectivity index (χ4n) is 4.68. The zero-order valence-corrected chi connectivity index (χ0v) is 21.7. The average Bonchev–Trinajstić information content (AvgIpc) is 3.03. The molecule has 0 spiro atoms. The average molecular weight is 517 g/mol. The highest BCUT2D eigenvalue weighted by Gasteiger charge is 2.37. The number of anilines is 2. The van der Waals surface area contributed by atoms with Gasteiger partial charge in [-0.05, 0) is 54.9 Å². The van der Waals surface area contributed by atoms with Crippen molar-refractivity contribution in [1.82, 2.24) is 10.6 Å². The van der Waals surface area contributed by atoms with Crippen LogP contribution in [0, 0.1) is 6.92 Å². The van der Waals surface area contributed by atoms with Crippen LogP contribution in [-0.2, 0) is 25.7 Å². The Morgan fingerprint density at radius 1 is 1.00 bits per heavy atom. The smallest absolute Gasteiger partial charge is 0.303 e. The van der Waals surface area contributed by atoms with E-state index in [4.69, 9.17) is 5.11 Å². The fourth-order valence-corrected chi connectivity index (χ4v) is 4.68. The lowest BCUT2D eigenvalue weighted by molar-refractivity contribution is -0.138. The summed E-state index contributed by atoms with van der Waals surface area (Å²) in [6, 6.07) is 17.5. The zero-order valence-electron chi connectivity index (χ0n) is 21.7. The van der Waals surface area contributed by atoms with Gasteiger partial charge in [0.1, 0.15) is 6.04 Å². The minimum absolute atomic E-state index is 0.110. The number of fused-ring (bicyclic) bond motifs is 2. The van der Waals surface area contributed by atoms with Crippen LogP contribution in [0.25, 0.3) is 10.8 Å². The molecule has 1 aliphatic heterocycles. The Hall–Kier alpha value is -4.24. The summed E-state index contributed by atoms with van der Waals surface area (Å²) in [4.78, 5) is 54.4. The van der Waals surface area contributed by atoms with Gasteiger partial charge in [0.05, 0.1) is 36.9 Å². The summed E-state index contributed by atoms with van der Waals surface area (Å²) in [5, 5.41) is 16.9. The van der Waals surface area contributed by atoms with Gasteiger partial charge in [-0.1, -0.05) is 48.5 Å². The van der Waals surface area contributed by atoms with Gasteiger partial charge in [0, 0.05) is 6.42 Å². The summed E-state index contributed by atoms with van der Waals surface area (Å²) in [5.74, 6) is -2.25. The molecule has 3 amide bonds. The number of carbonyl (C=O) groups excluding carboxylic acids is 3. The maximum atomic E-state index is 14.1. The van der Waals surface area contributed by atoms with Gasteiger partial charge in [0.15, 0.2) is 0 Å². The van der Waals surface area contributed by atoms with Crippen molar-refractivity contribution in [2.45, 2.75) is 45.3 Å². The van der Waals surface area contributed by atoms with Gasteiger partial charge in [0.25, 0.3) is 5.91 Å². The van der Waals surface area contributed by atoms with Crippen molar-refractivity contribution >= 4 is 45.8 Å². The number of para-hydroxylation sites is 2. The number of amides is 3. The molecule has 9 nitrogen and oxygen atoms in total. The van der Waals surface area contributed by atoms with Crippen LogP contribution >= 0.6 is 0 Å². The summed E-state index contributed by atoms with van der Waals surface area (Å²) in [7, 11) is 1.65. The molecule has 0 bridgehead atoms. The molecule has 4 rings (SSSR count). The van der Waals surface area contributed by atoms with E-state index in [1.54, 1.807) is 43.1 Å². The van der Waals surface area contributed by atoms with Crippen LogP contribution in [0.5, 0.6) is 0 Å². The standard InChI is InChI=1S/C29H32N4O5/c1-18-12-13-20-8-4-5-9-21(20)22(18)16-33-25-11-7-6-10-24(25)32(26(34)14-15-27(35)36)17-23(29(33)38)31-28(37)19(2)30-3/h4-13,19,23,30H,14-17H2,1-3H3,(H,31,37)(H,35,36). The highest BCUT2D eigenvalue weighted by atomic mass is 16.4. The number of carboxylic acid groups (broad SMARTS) is 1. The second-order valence-corrected chi connectivity index (χ2v) is 9.46. The first kappa shape index (κ1) is 26.8. The molecule has 0 aliphatic carbocycles. The quantitative estimate of drug-likeness (QED) is 0.424. The third kappa shape index (κ3) is 5.52. The van der Waals surface area contributed by atoms with Crippen molar-refractivity contribution in [3.63, 3.8) is 0 Å². The van der Waals surface area contributed by atoms with E-state index < -0.39 is 24.0 Å². The number of carboxylic acids is 1. The summed E-state index contributed by atoms with van der Waals surface area (Å²) in [6.07, 6.45) is -0.563. The number of nitrogens with zero attached hydrogens (tertiary/aromatic N) is 2. The van der Waals surface area contributed by atoms with Crippen LogP contribution in [-0.4, -0.2) is 54.5 Å². The zero-order chi connectivity index (χ0) is 27.4. The van der Waals surface area contributed by atoms with E-state index in [0.717, 1.165) is 21.9 Å². The van der Waals surface area contributed by atoms with Crippen LogP contribution in [0.15, 0.2) is 60.7 Å². The number of hydrogen-bond acceptors (Lipinski definition) is 5. The molecule has 1 aliphatic rings. The molecule has 2 unspecified atom stereocenters.